The van der Waals surface area contributed by atoms with Crippen molar-refractivity contribution in [2.45, 2.75) is 6.92 Å². The van der Waals surface area contributed by atoms with Gasteiger partial charge >= 0.3 is 0 Å². The molecule has 1 saturated heterocycles. The minimum atomic E-state index is -0.180. The van der Waals surface area contributed by atoms with Crippen molar-refractivity contribution in [2.24, 2.45) is 0 Å². The number of hydrazine groups is 1. The van der Waals surface area contributed by atoms with E-state index in [9.17, 15) is 9.59 Å². The Morgan fingerprint density at radius 3 is 2.56 bits per heavy atom. The van der Waals surface area contributed by atoms with Crippen molar-refractivity contribution in [3.05, 3.63) is 47.5 Å². The zero-order chi connectivity index (χ0) is 19.2. The van der Waals surface area contributed by atoms with Gasteiger partial charge in [-0.25, -0.2) is 9.99 Å². The number of piperazine rings is 1. The molecule has 0 saturated carbocycles. The maximum absolute atomic E-state index is 12.1. The fourth-order valence-electron chi connectivity index (χ4n) is 2.73. The van der Waals surface area contributed by atoms with E-state index in [0.29, 0.717) is 10.8 Å². The number of rotatable bonds is 5. The topological polar surface area (TPSA) is 68.8 Å². The Bertz CT molecular complexity index is 813. The fourth-order valence-corrected chi connectivity index (χ4v) is 3.59. The molecule has 0 spiro atoms. The second-order valence-electron chi connectivity index (χ2n) is 6.34. The van der Waals surface area contributed by atoms with Crippen molar-refractivity contribution in [1.29, 1.82) is 0 Å². The van der Waals surface area contributed by atoms with Crippen LogP contribution in [0.1, 0.15) is 12.6 Å². The lowest BCUT2D eigenvalue weighted by Crippen LogP contribution is -2.52. The highest BCUT2D eigenvalue weighted by Crippen LogP contribution is 2.28. The molecule has 2 heterocycles. The molecule has 1 aliphatic rings. The first-order chi connectivity index (χ1) is 13.0. The standard InChI is InChI=1S/C19H23N5O2S/c1-15(25)24(17-6-4-3-5-7-17)19-20-16(14-27-19)8-9-18(26)21-23-12-10-22(2)11-13-23/h3-9,14H,10-13H2,1-2H3,(H,21,26)/b9-8+. The SMILES string of the molecule is CC(=O)N(c1ccccc1)c1nc(/C=C/C(=O)NN2CCN(C)CC2)cs1. The number of anilines is 2. The molecule has 1 aliphatic heterocycles. The summed E-state index contributed by atoms with van der Waals surface area (Å²) in [6, 6.07) is 9.38. The summed E-state index contributed by atoms with van der Waals surface area (Å²) in [5.74, 6) is -0.292. The molecule has 0 radical (unpaired) electrons. The number of nitrogens with one attached hydrogen (secondary N) is 1. The lowest BCUT2D eigenvalue weighted by atomic mass is 10.3. The van der Waals surface area contributed by atoms with Gasteiger partial charge in [0.15, 0.2) is 5.13 Å². The first-order valence-electron chi connectivity index (χ1n) is 8.76. The summed E-state index contributed by atoms with van der Waals surface area (Å²) in [4.78, 5) is 32.4. The molecule has 1 aromatic carbocycles. The normalized spacial score (nSPS) is 15.8. The number of nitrogens with zero attached hydrogens (tertiary/aromatic N) is 4. The predicted molar refractivity (Wildman–Crippen MR) is 108 cm³/mol. The summed E-state index contributed by atoms with van der Waals surface area (Å²) in [5, 5.41) is 4.33. The van der Waals surface area contributed by atoms with Crippen LogP contribution in [0, 0.1) is 0 Å². The van der Waals surface area contributed by atoms with E-state index in [4.69, 9.17) is 0 Å². The van der Waals surface area contributed by atoms with Crippen LogP contribution in [0.25, 0.3) is 6.08 Å². The van der Waals surface area contributed by atoms with Crippen molar-refractivity contribution in [1.82, 2.24) is 20.3 Å². The molecule has 8 heteroatoms. The van der Waals surface area contributed by atoms with Crippen LogP contribution < -0.4 is 10.3 Å². The van der Waals surface area contributed by atoms with Crippen LogP contribution in [-0.4, -0.2) is 59.9 Å². The molecule has 3 rings (SSSR count). The lowest BCUT2D eigenvalue weighted by Gasteiger charge is -2.31. The molecule has 0 atom stereocenters. The average Bonchev–Trinajstić information content (AvgIpc) is 3.11. The Hall–Kier alpha value is -2.55. The number of benzene rings is 1. The minimum Gasteiger partial charge on any atom is -0.304 e. The number of carbonyl (C=O) groups excluding carboxylic acids is 2. The van der Waals surface area contributed by atoms with Gasteiger partial charge in [-0.15, -0.1) is 11.3 Å². The fraction of sp³-hybridized carbons (Fsp3) is 0.316. The van der Waals surface area contributed by atoms with E-state index in [0.717, 1.165) is 31.9 Å². The molecular weight excluding hydrogens is 362 g/mol. The van der Waals surface area contributed by atoms with Gasteiger partial charge in [0.25, 0.3) is 5.91 Å². The van der Waals surface area contributed by atoms with Gasteiger partial charge in [0.2, 0.25) is 5.91 Å². The number of likely N-dealkylation sites (N-methyl/N-ethyl adjacent to an activating group) is 1. The molecule has 1 fully saturated rings. The van der Waals surface area contributed by atoms with E-state index < -0.39 is 0 Å². The Balaban J connectivity index is 1.63. The van der Waals surface area contributed by atoms with Gasteiger partial charge in [-0.1, -0.05) is 18.2 Å². The zero-order valence-corrected chi connectivity index (χ0v) is 16.3. The molecular formula is C19H23N5O2S. The molecule has 1 aromatic heterocycles. The molecule has 0 bridgehead atoms. The van der Waals surface area contributed by atoms with Crippen LogP contribution in [-0.2, 0) is 9.59 Å². The summed E-state index contributed by atoms with van der Waals surface area (Å²) >= 11 is 1.36. The molecule has 0 aliphatic carbocycles. The van der Waals surface area contributed by atoms with Crippen molar-refractivity contribution in [2.75, 3.05) is 38.1 Å². The quantitative estimate of drug-likeness (QED) is 0.799. The summed E-state index contributed by atoms with van der Waals surface area (Å²) in [5.41, 5.74) is 4.29. The van der Waals surface area contributed by atoms with Crippen molar-refractivity contribution in [3.8, 4) is 0 Å². The van der Waals surface area contributed by atoms with Gasteiger partial charge in [0.1, 0.15) is 0 Å². The van der Waals surface area contributed by atoms with E-state index in [1.165, 1.54) is 24.3 Å². The largest absolute Gasteiger partial charge is 0.304 e. The molecule has 142 valence electrons. The number of hydrogen-bond acceptors (Lipinski definition) is 6. The minimum absolute atomic E-state index is 0.112. The predicted octanol–water partition coefficient (Wildman–Crippen LogP) is 2.12. The molecule has 2 aromatic rings. The second kappa shape index (κ2) is 8.90. The number of amides is 2. The second-order valence-corrected chi connectivity index (χ2v) is 7.18. The zero-order valence-electron chi connectivity index (χ0n) is 15.5. The number of hydrogen-bond donors (Lipinski definition) is 1. The maximum atomic E-state index is 12.1. The van der Waals surface area contributed by atoms with E-state index >= 15 is 0 Å². The van der Waals surface area contributed by atoms with Crippen LogP contribution in [0.5, 0.6) is 0 Å². The third-order valence-corrected chi connectivity index (χ3v) is 5.05. The Labute approximate surface area is 162 Å². The highest BCUT2D eigenvalue weighted by atomic mass is 32.1. The highest BCUT2D eigenvalue weighted by molar-refractivity contribution is 7.14. The van der Waals surface area contributed by atoms with Crippen molar-refractivity contribution < 1.29 is 9.59 Å². The average molecular weight is 385 g/mol. The number of carbonyl (C=O) groups is 2. The highest BCUT2D eigenvalue weighted by Gasteiger charge is 2.17. The first-order valence-corrected chi connectivity index (χ1v) is 9.64. The van der Waals surface area contributed by atoms with E-state index in [1.807, 2.05) is 40.7 Å². The van der Waals surface area contributed by atoms with Gasteiger partial charge in [-0.05, 0) is 25.3 Å². The number of thiazole rings is 1. The van der Waals surface area contributed by atoms with Crippen LogP contribution in [0.15, 0.2) is 41.8 Å². The lowest BCUT2D eigenvalue weighted by molar-refractivity contribution is -0.121. The van der Waals surface area contributed by atoms with E-state index in [1.54, 1.807) is 11.0 Å². The van der Waals surface area contributed by atoms with Crippen LogP contribution in [0.3, 0.4) is 0 Å². The smallest absolute Gasteiger partial charge is 0.258 e. The summed E-state index contributed by atoms with van der Waals surface area (Å²) < 4.78 is 0. The van der Waals surface area contributed by atoms with Crippen LogP contribution in [0.2, 0.25) is 0 Å². The van der Waals surface area contributed by atoms with Gasteiger partial charge in [0, 0.05) is 44.6 Å². The molecule has 27 heavy (non-hydrogen) atoms. The Morgan fingerprint density at radius 1 is 1.19 bits per heavy atom. The van der Waals surface area contributed by atoms with E-state index in [-0.39, 0.29) is 11.8 Å². The van der Waals surface area contributed by atoms with Gasteiger partial charge < -0.3 is 4.90 Å². The van der Waals surface area contributed by atoms with Gasteiger partial charge in [-0.2, -0.15) is 0 Å². The molecule has 1 N–H and O–H groups in total. The van der Waals surface area contributed by atoms with Crippen molar-refractivity contribution >= 4 is 40.0 Å². The monoisotopic (exact) mass is 385 g/mol. The number of para-hydroxylation sites is 1. The maximum Gasteiger partial charge on any atom is 0.258 e. The summed E-state index contributed by atoms with van der Waals surface area (Å²) in [6.45, 7) is 4.98. The van der Waals surface area contributed by atoms with Crippen molar-refractivity contribution in [3.63, 3.8) is 0 Å². The van der Waals surface area contributed by atoms with E-state index in [2.05, 4.69) is 22.4 Å². The first kappa shape index (κ1) is 19.2. The van der Waals surface area contributed by atoms with Crippen LogP contribution in [0.4, 0.5) is 10.8 Å². The van der Waals surface area contributed by atoms with Gasteiger partial charge in [0.05, 0.1) is 11.4 Å². The molecule has 0 unspecified atom stereocenters. The third-order valence-electron chi connectivity index (χ3n) is 4.21. The third kappa shape index (κ3) is 5.22. The van der Waals surface area contributed by atoms with Gasteiger partial charge in [-0.3, -0.25) is 19.9 Å². The summed E-state index contributed by atoms with van der Waals surface area (Å²) in [7, 11) is 2.07. The Kier molecular flexibility index (Phi) is 6.33. The number of aromatic nitrogens is 1. The molecule has 2 amide bonds. The van der Waals surface area contributed by atoms with Crippen LogP contribution >= 0.6 is 11.3 Å². The molecule has 7 nitrogen and oxygen atoms in total. The Morgan fingerprint density at radius 2 is 1.89 bits per heavy atom. The summed E-state index contributed by atoms with van der Waals surface area (Å²) in [6.07, 6.45) is 3.13.